The summed E-state index contributed by atoms with van der Waals surface area (Å²) in [4.78, 5) is 19.5. The molecule has 1 aliphatic carbocycles. The number of carbonyl (C=O) groups excluding carboxylic acids is 1. The zero-order chi connectivity index (χ0) is 15.7. The lowest BCUT2D eigenvalue weighted by atomic mass is 9.78. The smallest absolute Gasteiger partial charge is 0.230 e. The van der Waals surface area contributed by atoms with Crippen molar-refractivity contribution in [2.45, 2.75) is 70.6 Å². The van der Waals surface area contributed by atoms with Crippen LogP contribution in [0.4, 0.5) is 0 Å². The molecule has 0 radical (unpaired) electrons. The maximum atomic E-state index is 12.8. The third kappa shape index (κ3) is 3.03. The number of amides is 1. The van der Waals surface area contributed by atoms with Crippen molar-refractivity contribution in [3.05, 3.63) is 11.7 Å². The molecular weight excluding hydrogens is 278 g/mol. The molecule has 5 nitrogen and oxygen atoms in total. The molecule has 2 fully saturated rings. The van der Waals surface area contributed by atoms with E-state index in [1.807, 2.05) is 4.90 Å². The predicted octanol–water partition coefficient (Wildman–Crippen LogP) is 3.26. The Bertz CT molecular complexity index is 526. The van der Waals surface area contributed by atoms with Crippen molar-refractivity contribution in [2.75, 3.05) is 13.1 Å². The lowest BCUT2D eigenvalue weighted by molar-refractivity contribution is -0.136. The Kier molecular flexibility index (Phi) is 4.24. The van der Waals surface area contributed by atoms with Gasteiger partial charge in [0.05, 0.1) is 5.92 Å². The fourth-order valence-corrected chi connectivity index (χ4v) is 3.58. The van der Waals surface area contributed by atoms with E-state index in [1.165, 1.54) is 0 Å². The first kappa shape index (κ1) is 15.5. The molecule has 1 saturated heterocycles. The summed E-state index contributed by atoms with van der Waals surface area (Å²) in [6, 6.07) is 0. The Labute approximate surface area is 132 Å². The van der Waals surface area contributed by atoms with E-state index in [0.717, 1.165) is 57.4 Å². The van der Waals surface area contributed by atoms with Crippen molar-refractivity contribution in [2.24, 2.45) is 5.92 Å². The van der Waals surface area contributed by atoms with Crippen molar-refractivity contribution < 1.29 is 9.32 Å². The van der Waals surface area contributed by atoms with Gasteiger partial charge in [0.25, 0.3) is 0 Å². The zero-order valence-electron chi connectivity index (χ0n) is 14.0. The monoisotopic (exact) mass is 305 g/mol. The zero-order valence-corrected chi connectivity index (χ0v) is 14.0. The second-order valence-electron chi connectivity index (χ2n) is 7.74. The minimum Gasteiger partial charge on any atom is -0.342 e. The molecule has 3 rings (SSSR count). The van der Waals surface area contributed by atoms with E-state index in [4.69, 9.17) is 4.52 Å². The molecule has 2 aliphatic rings. The van der Waals surface area contributed by atoms with Gasteiger partial charge in [-0.15, -0.1) is 0 Å². The van der Waals surface area contributed by atoms with Crippen LogP contribution in [0, 0.1) is 5.92 Å². The van der Waals surface area contributed by atoms with E-state index in [0.29, 0.717) is 11.8 Å². The van der Waals surface area contributed by atoms with Gasteiger partial charge in [-0.3, -0.25) is 4.79 Å². The van der Waals surface area contributed by atoms with Crippen molar-refractivity contribution >= 4 is 5.91 Å². The fraction of sp³-hybridized carbons (Fsp3) is 0.824. The van der Waals surface area contributed by atoms with E-state index in [9.17, 15) is 4.79 Å². The number of likely N-dealkylation sites (tertiary alicyclic amines) is 1. The predicted molar refractivity (Wildman–Crippen MR) is 83.5 cm³/mol. The molecule has 2 unspecified atom stereocenters. The molecule has 1 aromatic rings. The SMILES string of the molecule is CC(C)(C)c1noc(C2CCCCC2C(=O)N2CCCC2)n1. The van der Waals surface area contributed by atoms with Gasteiger partial charge in [-0.2, -0.15) is 4.98 Å². The second-order valence-corrected chi connectivity index (χ2v) is 7.74. The quantitative estimate of drug-likeness (QED) is 0.841. The van der Waals surface area contributed by atoms with Gasteiger partial charge in [0.2, 0.25) is 11.8 Å². The maximum absolute atomic E-state index is 12.8. The number of hydrogen-bond donors (Lipinski definition) is 0. The standard InChI is InChI=1S/C17H27N3O2/c1-17(2,3)16-18-14(22-19-16)12-8-4-5-9-13(12)15(21)20-10-6-7-11-20/h12-13H,4-11H2,1-3H3. The van der Waals surface area contributed by atoms with Gasteiger partial charge in [-0.25, -0.2) is 0 Å². The van der Waals surface area contributed by atoms with Crippen LogP contribution in [0.25, 0.3) is 0 Å². The highest BCUT2D eigenvalue weighted by molar-refractivity contribution is 5.80. The molecule has 1 saturated carbocycles. The largest absolute Gasteiger partial charge is 0.342 e. The van der Waals surface area contributed by atoms with Crippen molar-refractivity contribution in [3.8, 4) is 0 Å². The highest BCUT2D eigenvalue weighted by Crippen LogP contribution is 2.39. The summed E-state index contributed by atoms with van der Waals surface area (Å²) in [5, 5.41) is 4.14. The van der Waals surface area contributed by atoms with Crippen LogP contribution in [-0.4, -0.2) is 34.0 Å². The van der Waals surface area contributed by atoms with Crippen LogP contribution in [0.2, 0.25) is 0 Å². The fourth-order valence-electron chi connectivity index (χ4n) is 3.58. The van der Waals surface area contributed by atoms with Gasteiger partial charge in [0, 0.05) is 24.4 Å². The average Bonchev–Trinajstić information content (AvgIpc) is 3.17. The Morgan fingerprint density at radius 3 is 2.45 bits per heavy atom. The summed E-state index contributed by atoms with van der Waals surface area (Å²) in [5.74, 6) is 1.84. The highest BCUT2D eigenvalue weighted by Gasteiger charge is 2.38. The maximum Gasteiger partial charge on any atom is 0.230 e. The molecule has 2 heterocycles. The lowest BCUT2D eigenvalue weighted by Crippen LogP contribution is -2.38. The Hall–Kier alpha value is -1.39. The van der Waals surface area contributed by atoms with Crippen molar-refractivity contribution in [3.63, 3.8) is 0 Å². The molecule has 0 aromatic carbocycles. The van der Waals surface area contributed by atoms with Gasteiger partial charge in [-0.1, -0.05) is 38.8 Å². The van der Waals surface area contributed by atoms with Gasteiger partial charge in [-0.05, 0) is 25.7 Å². The molecule has 0 bridgehead atoms. The minimum atomic E-state index is -0.120. The average molecular weight is 305 g/mol. The van der Waals surface area contributed by atoms with Gasteiger partial charge < -0.3 is 9.42 Å². The van der Waals surface area contributed by atoms with Crippen molar-refractivity contribution in [1.29, 1.82) is 0 Å². The lowest BCUT2D eigenvalue weighted by Gasteiger charge is -2.31. The van der Waals surface area contributed by atoms with Gasteiger partial charge in [0.15, 0.2) is 5.82 Å². The molecular formula is C17H27N3O2. The first-order valence-corrected chi connectivity index (χ1v) is 8.59. The normalized spacial score (nSPS) is 26.4. The van der Waals surface area contributed by atoms with Crippen LogP contribution in [0.1, 0.15) is 76.9 Å². The van der Waals surface area contributed by atoms with Crippen LogP contribution in [0.3, 0.4) is 0 Å². The molecule has 1 aliphatic heterocycles. The molecule has 2 atom stereocenters. The van der Waals surface area contributed by atoms with Crippen LogP contribution >= 0.6 is 0 Å². The first-order valence-electron chi connectivity index (χ1n) is 8.59. The summed E-state index contributed by atoms with van der Waals surface area (Å²) in [7, 11) is 0. The Balaban J connectivity index is 1.80. The number of carbonyl (C=O) groups is 1. The molecule has 5 heteroatoms. The van der Waals surface area contributed by atoms with Gasteiger partial charge in [0.1, 0.15) is 0 Å². The molecule has 1 aromatic heterocycles. The van der Waals surface area contributed by atoms with Crippen LogP contribution in [0.5, 0.6) is 0 Å². The number of nitrogens with zero attached hydrogens (tertiary/aromatic N) is 3. The number of rotatable bonds is 2. The molecule has 1 amide bonds. The molecule has 122 valence electrons. The van der Waals surface area contributed by atoms with Gasteiger partial charge >= 0.3 is 0 Å². The topological polar surface area (TPSA) is 59.2 Å². The molecule has 22 heavy (non-hydrogen) atoms. The van der Waals surface area contributed by atoms with E-state index < -0.39 is 0 Å². The minimum absolute atomic E-state index is 0.0279. The summed E-state index contributed by atoms with van der Waals surface area (Å²) in [6.45, 7) is 8.07. The summed E-state index contributed by atoms with van der Waals surface area (Å²) in [5.41, 5.74) is -0.120. The second kappa shape index (κ2) is 6.01. The van der Waals surface area contributed by atoms with Crippen molar-refractivity contribution in [1.82, 2.24) is 15.0 Å². The summed E-state index contributed by atoms with van der Waals surface area (Å²) in [6.07, 6.45) is 6.47. The first-order chi connectivity index (χ1) is 10.5. The number of hydrogen-bond acceptors (Lipinski definition) is 4. The van der Waals surface area contributed by atoms with Crippen LogP contribution < -0.4 is 0 Å². The van der Waals surface area contributed by atoms with E-state index in [1.54, 1.807) is 0 Å². The Morgan fingerprint density at radius 1 is 1.14 bits per heavy atom. The number of aromatic nitrogens is 2. The summed E-state index contributed by atoms with van der Waals surface area (Å²) < 4.78 is 5.54. The van der Waals surface area contributed by atoms with E-state index >= 15 is 0 Å². The van der Waals surface area contributed by atoms with Crippen LogP contribution in [-0.2, 0) is 10.2 Å². The van der Waals surface area contributed by atoms with Crippen LogP contribution in [0.15, 0.2) is 4.52 Å². The molecule has 0 spiro atoms. The highest BCUT2D eigenvalue weighted by atomic mass is 16.5. The third-order valence-electron chi connectivity index (χ3n) is 4.93. The summed E-state index contributed by atoms with van der Waals surface area (Å²) >= 11 is 0. The van der Waals surface area contributed by atoms with E-state index in [2.05, 4.69) is 30.9 Å². The third-order valence-corrected chi connectivity index (χ3v) is 4.93. The Morgan fingerprint density at radius 2 is 1.82 bits per heavy atom. The van der Waals surface area contributed by atoms with E-state index in [-0.39, 0.29) is 17.3 Å². The molecule has 0 N–H and O–H groups in total.